The predicted octanol–water partition coefficient (Wildman–Crippen LogP) is 1.57. The van der Waals surface area contributed by atoms with E-state index in [1.807, 2.05) is 0 Å². The van der Waals surface area contributed by atoms with E-state index >= 15 is 0 Å². The Morgan fingerprint density at radius 2 is 1.86 bits per heavy atom. The molecular weight excluding hydrogens is 172 g/mol. The third-order valence-electron chi connectivity index (χ3n) is 3.74. The van der Waals surface area contributed by atoms with Gasteiger partial charge in [0.2, 0.25) is 0 Å². The molecule has 82 valence electrons. The zero-order valence-electron chi connectivity index (χ0n) is 9.79. The zero-order chi connectivity index (χ0) is 10.1. The lowest BCUT2D eigenvalue weighted by molar-refractivity contribution is 0.330. The molecule has 0 radical (unpaired) electrons. The van der Waals surface area contributed by atoms with Gasteiger partial charge in [-0.05, 0) is 64.6 Å². The van der Waals surface area contributed by atoms with Gasteiger partial charge in [-0.15, -0.1) is 0 Å². The van der Waals surface area contributed by atoms with E-state index < -0.39 is 0 Å². The lowest BCUT2D eigenvalue weighted by Gasteiger charge is -2.21. The van der Waals surface area contributed by atoms with E-state index in [9.17, 15) is 0 Å². The van der Waals surface area contributed by atoms with Gasteiger partial charge in [0.05, 0.1) is 0 Å². The van der Waals surface area contributed by atoms with Gasteiger partial charge >= 0.3 is 0 Å². The first-order chi connectivity index (χ1) is 6.65. The van der Waals surface area contributed by atoms with E-state index in [1.165, 1.54) is 19.4 Å². The van der Waals surface area contributed by atoms with Crippen LogP contribution in [0.4, 0.5) is 0 Å². The summed E-state index contributed by atoms with van der Waals surface area (Å²) in [6.45, 7) is 4.69. The third-order valence-corrected chi connectivity index (χ3v) is 3.74. The number of likely N-dealkylation sites (N-methyl/N-ethyl adjacent to an activating group) is 1. The molecule has 0 amide bonds. The molecule has 0 spiro atoms. The van der Waals surface area contributed by atoms with Crippen molar-refractivity contribution in [3.63, 3.8) is 0 Å². The van der Waals surface area contributed by atoms with Gasteiger partial charge in [-0.25, -0.2) is 0 Å². The molecule has 0 heterocycles. The fraction of sp³-hybridized carbons (Fsp3) is 1.00. The summed E-state index contributed by atoms with van der Waals surface area (Å²) in [7, 11) is 4.28. The largest absolute Gasteiger partial charge is 0.313 e. The minimum Gasteiger partial charge on any atom is -0.313 e. The second kappa shape index (κ2) is 4.19. The minimum atomic E-state index is 0.641. The molecule has 0 saturated heterocycles. The summed E-state index contributed by atoms with van der Waals surface area (Å²) >= 11 is 0. The molecule has 0 bridgehead atoms. The van der Waals surface area contributed by atoms with Crippen LogP contribution in [0.3, 0.4) is 0 Å². The van der Waals surface area contributed by atoms with Crippen molar-refractivity contribution in [2.45, 2.75) is 32.2 Å². The molecule has 1 N–H and O–H groups in total. The first-order valence-electron chi connectivity index (χ1n) is 6.03. The number of nitrogens with one attached hydrogen (secondary N) is 1. The molecule has 0 aromatic heterocycles. The molecule has 0 aromatic carbocycles. The maximum absolute atomic E-state index is 3.66. The van der Waals surface area contributed by atoms with Crippen LogP contribution in [0.15, 0.2) is 0 Å². The van der Waals surface area contributed by atoms with Gasteiger partial charge in [0.25, 0.3) is 0 Å². The van der Waals surface area contributed by atoms with Gasteiger partial charge in [-0.1, -0.05) is 0 Å². The van der Waals surface area contributed by atoms with E-state index in [2.05, 4.69) is 31.2 Å². The van der Waals surface area contributed by atoms with Crippen LogP contribution >= 0.6 is 0 Å². The fourth-order valence-electron chi connectivity index (χ4n) is 2.99. The maximum Gasteiger partial charge on any atom is 0.0166 e. The van der Waals surface area contributed by atoms with Crippen LogP contribution in [0.2, 0.25) is 0 Å². The Hall–Kier alpha value is -0.0800. The third kappa shape index (κ3) is 2.71. The van der Waals surface area contributed by atoms with Gasteiger partial charge in [-0.2, -0.15) is 0 Å². The average Bonchev–Trinajstić information content (AvgIpc) is 2.70. The average molecular weight is 196 g/mol. The standard InChI is InChI=1S/C12H24N2/c1-9(8-14(2)3)13-7-10-4-11-6-12(11)5-10/h9-13H,4-8H2,1-3H3. The fourth-order valence-corrected chi connectivity index (χ4v) is 2.99. The van der Waals surface area contributed by atoms with Gasteiger partial charge in [0, 0.05) is 12.6 Å². The predicted molar refractivity (Wildman–Crippen MR) is 60.3 cm³/mol. The van der Waals surface area contributed by atoms with Crippen molar-refractivity contribution < 1.29 is 0 Å². The summed E-state index contributed by atoms with van der Waals surface area (Å²) in [5, 5.41) is 3.66. The van der Waals surface area contributed by atoms with Crippen LogP contribution in [-0.4, -0.2) is 38.1 Å². The van der Waals surface area contributed by atoms with Crippen molar-refractivity contribution in [3.05, 3.63) is 0 Å². The number of hydrogen-bond acceptors (Lipinski definition) is 2. The molecule has 2 saturated carbocycles. The Bertz CT molecular complexity index is 181. The van der Waals surface area contributed by atoms with Gasteiger partial charge in [0.1, 0.15) is 0 Å². The van der Waals surface area contributed by atoms with Crippen LogP contribution in [0.5, 0.6) is 0 Å². The van der Waals surface area contributed by atoms with E-state index in [0.717, 1.165) is 24.3 Å². The summed E-state index contributed by atoms with van der Waals surface area (Å²) in [6, 6.07) is 0.641. The summed E-state index contributed by atoms with van der Waals surface area (Å²) in [5.74, 6) is 3.25. The molecule has 2 aliphatic carbocycles. The van der Waals surface area contributed by atoms with Crippen LogP contribution < -0.4 is 5.32 Å². The number of nitrogens with zero attached hydrogens (tertiary/aromatic N) is 1. The first kappa shape index (κ1) is 10.4. The molecular formula is C12H24N2. The first-order valence-corrected chi connectivity index (χ1v) is 6.03. The van der Waals surface area contributed by atoms with Crippen molar-refractivity contribution in [2.24, 2.45) is 17.8 Å². The minimum absolute atomic E-state index is 0.641. The monoisotopic (exact) mass is 196 g/mol. The smallest absolute Gasteiger partial charge is 0.0166 e. The second-order valence-corrected chi connectivity index (χ2v) is 5.66. The van der Waals surface area contributed by atoms with E-state index in [-0.39, 0.29) is 0 Å². The van der Waals surface area contributed by atoms with E-state index in [1.54, 1.807) is 6.42 Å². The van der Waals surface area contributed by atoms with Crippen LogP contribution in [0.1, 0.15) is 26.2 Å². The van der Waals surface area contributed by atoms with Gasteiger partial charge in [-0.3, -0.25) is 0 Å². The van der Waals surface area contributed by atoms with Crippen LogP contribution in [0.25, 0.3) is 0 Å². The molecule has 2 fully saturated rings. The second-order valence-electron chi connectivity index (χ2n) is 5.66. The Labute approximate surface area is 88.1 Å². The van der Waals surface area contributed by atoms with Gasteiger partial charge < -0.3 is 10.2 Å². The summed E-state index contributed by atoms with van der Waals surface area (Å²) in [4.78, 5) is 2.25. The van der Waals surface area contributed by atoms with Crippen molar-refractivity contribution in [1.29, 1.82) is 0 Å². The van der Waals surface area contributed by atoms with Crippen LogP contribution in [-0.2, 0) is 0 Å². The van der Waals surface area contributed by atoms with E-state index in [0.29, 0.717) is 6.04 Å². The van der Waals surface area contributed by atoms with Crippen molar-refractivity contribution in [3.8, 4) is 0 Å². The summed E-state index contributed by atoms with van der Waals surface area (Å²) in [6.07, 6.45) is 4.56. The highest BCUT2D eigenvalue weighted by Gasteiger charge is 2.45. The van der Waals surface area contributed by atoms with Crippen molar-refractivity contribution in [2.75, 3.05) is 27.2 Å². The normalized spacial score (nSPS) is 37.3. The number of fused-ring (bicyclic) bond motifs is 1. The van der Waals surface area contributed by atoms with Crippen molar-refractivity contribution in [1.82, 2.24) is 10.2 Å². The highest BCUT2D eigenvalue weighted by molar-refractivity contribution is 4.96. The molecule has 2 nitrogen and oxygen atoms in total. The molecule has 14 heavy (non-hydrogen) atoms. The molecule has 2 heteroatoms. The maximum atomic E-state index is 3.66. The highest BCUT2D eigenvalue weighted by Crippen LogP contribution is 2.54. The number of rotatable bonds is 5. The summed E-state index contributed by atoms with van der Waals surface area (Å²) < 4.78 is 0. The molecule has 3 atom stereocenters. The van der Waals surface area contributed by atoms with Crippen molar-refractivity contribution >= 4 is 0 Å². The Kier molecular flexibility index (Phi) is 3.13. The Morgan fingerprint density at radius 1 is 1.21 bits per heavy atom. The lowest BCUT2D eigenvalue weighted by atomic mass is 10.0. The molecule has 2 rings (SSSR count). The van der Waals surface area contributed by atoms with Crippen LogP contribution in [0, 0.1) is 17.8 Å². The Balaban J connectivity index is 1.57. The topological polar surface area (TPSA) is 15.3 Å². The molecule has 3 unspecified atom stereocenters. The molecule has 2 aliphatic rings. The zero-order valence-corrected chi connectivity index (χ0v) is 9.79. The Morgan fingerprint density at radius 3 is 2.43 bits per heavy atom. The lowest BCUT2D eigenvalue weighted by Crippen LogP contribution is -2.38. The van der Waals surface area contributed by atoms with Gasteiger partial charge in [0.15, 0.2) is 0 Å². The quantitative estimate of drug-likeness (QED) is 0.718. The molecule has 0 aromatic rings. The summed E-state index contributed by atoms with van der Waals surface area (Å²) in [5.41, 5.74) is 0. The highest BCUT2D eigenvalue weighted by atomic mass is 15.1. The SMILES string of the molecule is CC(CN(C)C)NCC1CC2CC2C1. The van der Waals surface area contributed by atoms with E-state index in [4.69, 9.17) is 0 Å². The number of hydrogen-bond donors (Lipinski definition) is 1. The molecule has 0 aliphatic heterocycles.